The van der Waals surface area contributed by atoms with Crippen LogP contribution in [-0.2, 0) is 16.8 Å². The summed E-state index contributed by atoms with van der Waals surface area (Å²) in [5.74, 6) is 0. The Kier molecular flexibility index (Phi) is 8.06. The second-order valence-corrected chi connectivity index (χ2v) is 7.48. The van der Waals surface area contributed by atoms with Gasteiger partial charge in [-0.3, -0.25) is 0 Å². The van der Waals surface area contributed by atoms with Crippen molar-refractivity contribution < 1.29 is 29.2 Å². The summed E-state index contributed by atoms with van der Waals surface area (Å²) in [6, 6.07) is 27.2. The molecule has 0 amide bonds. The number of fused-ring (bicyclic) bond motifs is 8. The smallest absolute Gasteiger partial charge is 1.00 e. The van der Waals surface area contributed by atoms with Gasteiger partial charge < -0.3 is 22.4 Å². The summed E-state index contributed by atoms with van der Waals surface area (Å²) in [5, 5.41) is 0. The zero-order chi connectivity index (χ0) is 21.0. The van der Waals surface area contributed by atoms with Gasteiger partial charge in [-0.15, -0.1) is 0 Å². The van der Waals surface area contributed by atoms with E-state index >= 15 is 0 Å². The van der Waals surface area contributed by atoms with E-state index in [4.69, 9.17) is 0 Å². The first-order chi connectivity index (χ1) is 15.2. The van der Waals surface area contributed by atoms with Crippen molar-refractivity contribution >= 4 is 46.4 Å². The van der Waals surface area contributed by atoms with Crippen LogP contribution in [0, 0.1) is 13.0 Å². The Morgan fingerprint density at radius 1 is 0.576 bits per heavy atom. The van der Waals surface area contributed by atoms with Gasteiger partial charge in [-0.2, -0.15) is 35.9 Å². The van der Waals surface area contributed by atoms with Crippen molar-refractivity contribution in [3.05, 3.63) is 107 Å². The van der Waals surface area contributed by atoms with Crippen LogP contribution in [0.4, 0.5) is 0 Å². The van der Waals surface area contributed by atoms with E-state index in [2.05, 4.69) is 63.3 Å². The van der Waals surface area contributed by atoms with Crippen LogP contribution < -0.4 is 12.4 Å². The number of H-pyrrole nitrogens is 2. The Balaban J connectivity index is 0.000000296. The Hall–Kier alpha value is -3.38. The summed E-state index contributed by atoms with van der Waals surface area (Å²) >= 11 is 0. The predicted octanol–water partition coefficient (Wildman–Crippen LogP) is 3.45. The first kappa shape index (κ1) is 24.3. The number of hydrogen-bond donors (Lipinski definition) is 2. The molecule has 1 radical (unpaired) electrons. The molecule has 8 bridgehead atoms. The molecule has 0 atom stereocenters. The van der Waals surface area contributed by atoms with Gasteiger partial charge in [-0.05, 0) is 72.8 Å². The van der Waals surface area contributed by atoms with E-state index in [-0.39, 0.29) is 29.2 Å². The molecule has 0 saturated heterocycles. The third-order valence-corrected chi connectivity index (χ3v) is 4.93. The van der Waals surface area contributed by atoms with Gasteiger partial charge in [0.1, 0.15) is 0 Å². The largest absolute Gasteiger partial charge is 2.00 e. The molecule has 2 N–H and O–H groups in total. The molecule has 4 nitrogen and oxygen atoms in total. The van der Waals surface area contributed by atoms with Crippen LogP contribution in [-0.4, -0.2) is 19.9 Å². The van der Waals surface area contributed by atoms with Gasteiger partial charge in [-0.25, -0.2) is 9.97 Å². The fraction of sp³-hybridized carbons (Fsp3) is 0.0370. The SMILES string of the molecule is C1=Cc2cc3ccc(cc4ccc(cc5nc(cc1n2)C=C5)[nH]4)[nH]3.Cc1cc[c-]cc1.[Cl-].[Co+2]. The van der Waals surface area contributed by atoms with Gasteiger partial charge in [0.25, 0.3) is 0 Å². The topological polar surface area (TPSA) is 57.4 Å². The number of halogens is 1. The molecule has 2 aliphatic heterocycles. The number of aromatic amines is 2. The number of nitrogens with one attached hydrogen (secondary N) is 2. The normalized spacial score (nSPS) is 11.1. The maximum absolute atomic E-state index is 4.62. The molecule has 33 heavy (non-hydrogen) atoms. The molecule has 0 aliphatic carbocycles. The summed E-state index contributed by atoms with van der Waals surface area (Å²) in [4.78, 5) is 16.0. The number of nitrogens with zero attached hydrogens (tertiary/aromatic N) is 2. The standard InChI is InChI=1S/C20H14N4.C7H7.ClH.Co/c1-2-14-10-16-5-6-18(23-16)12-20-8-7-19(24-20)11-17-4-3-15(22-17)9-13(1)21-14;1-7-5-3-2-4-6-7;;/h1-12,21-22H;3-6H,1H3;1H;/q;-1;;+2/p-1. The van der Waals surface area contributed by atoms with Gasteiger partial charge in [0.2, 0.25) is 0 Å². The Morgan fingerprint density at radius 3 is 1.36 bits per heavy atom. The van der Waals surface area contributed by atoms with Crippen LogP contribution in [0.3, 0.4) is 0 Å². The summed E-state index contributed by atoms with van der Waals surface area (Å²) < 4.78 is 0. The van der Waals surface area contributed by atoms with Crippen molar-refractivity contribution in [2.24, 2.45) is 0 Å². The van der Waals surface area contributed by atoms with E-state index in [1.807, 2.05) is 66.8 Å². The van der Waals surface area contributed by atoms with Crippen molar-refractivity contribution in [2.75, 3.05) is 0 Å². The molecule has 6 heteroatoms. The minimum Gasteiger partial charge on any atom is -1.00 e. The fourth-order valence-electron chi connectivity index (χ4n) is 3.41. The molecule has 2 aliphatic rings. The van der Waals surface area contributed by atoms with Gasteiger partial charge >= 0.3 is 16.8 Å². The first-order valence-corrected chi connectivity index (χ1v) is 10.2. The third-order valence-electron chi connectivity index (χ3n) is 4.93. The number of hydrogen-bond acceptors (Lipinski definition) is 2. The van der Waals surface area contributed by atoms with Gasteiger partial charge in [-0.1, -0.05) is 6.92 Å². The molecule has 4 aromatic rings. The average molecular weight is 496 g/mol. The van der Waals surface area contributed by atoms with Crippen LogP contribution in [0.5, 0.6) is 0 Å². The second kappa shape index (κ2) is 11.0. The molecular weight excluding hydrogens is 475 g/mol. The van der Waals surface area contributed by atoms with Gasteiger partial charge in [0, 0.05) is 22.1 Å². The number of benzene rings is 1. The van der Waals surface area contributed by atoms with E-state index in [1.54, 1.807) is 0 Å². The van der Waals surface area contributed by atoms with E-state index in [9.17, 15) is 0 Å². The summed E-state index contributed by atoms with van der Waals surface area (Å²) in [6.45, 7) is 2.06. The Labute approximate surface area is 209 Å². The Bertz CT molecular complexity index is 1360. The van der Waals surface area contributed by atoms with Crippen molar-refractivity contribution in [3.8, 4) is 0 Å². The minimum atomic E-state index is 0. The molecule has 0 unspecified atom stereocenters. The van der Waals surface area contributed by atoms with Crippen LogP contribution >= 0.6 is 0 Å². The van der Waals surface area contributed by atoms with Crippen molar-refractivity contribution in [2.45, 2.75) is 6.92 Å². The van der Waals surface area contributed by atoms with Crippen LogP contribution in [0.15, 0.2) is 72.8 Å². The molecule has 6 rings (SSSR count). The van der Waals surface area contributed by atoms with E-state index < -0.39 is 0 Å². The van der Waals surface area contributed by atoms with Crippen molar-refractivity contribution in [1.82, 2.24) is 19.9 Å². The minimum absolute atomic E-state index is 0. The van der Waals surface area contributed by atoms with Crippen molar-refractivity contribution in [3.63, 3.8) is 0 Å². The maximum atomic E-state index is 4.62. The molecule has 165 valence electrons. The van der Waals surface area contributed by atoms with Crippen LogP contribution in [0.2, 0.25) is 0 Å². The molecule has 5 heterocycles. The van der Waals surface area contributed by atoms with Gasteiger partial charge in [0.05, 0.1) is 22.8 Å². The van der Waals surface area contributed by atoms with Crippen LogP contribution in [0.1, 0.15) is 28.3 Å². The molecule has 1 aromatic carbocycles. The van der Waals surface area contributed by atoms with Crippen molar-refractivity contribution in [1.29, 1.82) is 0 Å². The summed E-state index contributed by atoms with van der Waals surface area (Å²) in [6.07, 6.45) is 8.05. The van der Waals surface area contributed by atoms with Gasteiger partial charge in [0.15, 0.2) is 0 Å². The Morgan fingerprint density at radius 2 is 0.970 bits per heavy atom. The number of aromatic nitrogens is 4. The van der Waals surface area contributed by atoms with Crippen LogP contribution in [0.25, 0.3) is 46.4 Å². The average Bonchev–Trinajstić information content (AvgIpc) is 3.55. The van der Waals surface area contributed by atoms with E-state index in [0.717, 1.165) is 44.8 Å². The summed E-state index contributed by atoms with van der Waals surface area (Å²) in [5.41, 5.74) is 9.15. The monoisotopic (exact) mass is 495 g/mol. The zero-order valence-electron chi connectivity index (χ0n) is 17.8. The molecular formula is C27H21ClCoN4. The van der Waals surface area contributed by atoms with E-state index in [0.29, 0.717) is 0 Å². The maximum Gasteiger partial charge on any atom is 2.00 e. The molecule has 0 saturated carbocycles. The number of rotatable bonds is 0. The fourth-order valence-corrected chi connectivity index (χ4v) is 3.41. The zero-order valence-corrected chi connectivity index (χ0v) is 19.6. The predicted molar refractivity (Wildman–Crippen MR) is 129 cm³/mol. The second-order valence-electron chi connectivity index (χ2n) is 7.48. The molecule has 3 aromatic heterocycles. The van der Waals surface area contributed by atoms with E-state index in [1.165, 1.54) is 5.56 Å². The first-order valence-electron chi connectivity index (χ1n) is 10.2. The quantitative estimate of drug-likeness (QED) is 0.317. The third kappa shape index (κ3) is 6.32. The summed E-state index contributed by atoms with van der Waals surface area (Å²) in [7, 11) is 0. The molecule has 0 spiro atoms. The number of aryl methyl sites for hydroxylation is 1. The molecule has 0 fully saturated rings.